The molecule has 0 spiro atoms. The van der Waals surface area contributed by atoms with E-state index in [1.165, 1.54) is 36.7 Å². The number of hydrogen-bond donors (Lipinski definition) is 2. The van der Waals surface area contributed by atoms with Gasteiger partial charge in [0.1, 0.15) is 5.52 Å². The molecule has 1 unspecified atom stereocenters. The molecule has 40 heavy (non-hydrogen) atoms. The van der Waals surface area contributed by atoms with Gasteiger partial charge in [0.05, 0.1) is 16.0 Å². The van der Waals surface area contributed by atoms with Crippen LogP contribution in [0.4, 0.5) is 11.6 Å². The van der Waals surface area contributed by atoms with E-state index in [1.54, 1.807) is 49.4 Å². The Kier molecular flexibility index (Phi) is 7.51. The highest BCUT2D eigenvalue weighted by atomic mass is 32.2. The quantitative estimate of drug-likeness (QED) is 0.246. The van der Waals surface area contributed by atoms with Crippen molar-refractivity contribution in [3.8, 4) is 11.5 Å². The first-order valence-electron chi connectivity index (χ1n) is 12.2. The van der Waals surface area contributed by atoms with E-state index in [-0.39, 0.29) is 28.7 Å². The lowest BCUT2D eigenvalue weighted by Crippen LogP contribution is -2.32. The van der Waals surface area contributed by atoms with Crippen molar-refractivity contribution in [3.05, 3.63) is 96.8 Å². The molecular formula is C28H23N5O6S. The van der Waals surface area contributed by atoms with Gasteiger partial charge in [0, 0.05) is 18.1 Å². The van der Waals surface area contributed by atoms with E-state index in [4.69, 9.17) is 9.15 Å². The number of ether oxygens (including phenoxy) is 1. The highest BCUT2D eigenvalue weighted by molar-refractivity contribution is 7.92. The molecule has 5 rings (SSSR count). The van der Waals surface area contributed by atoms with Crippen LogP contribution in [-0.2, 0) is 19.6 Å². The standard InChI is InChI=1S/C28H23N5O6S/c1-2-23(25(34)31-18-12-14-19(15-13-18)40(36,37)33-28-29-16-7-17-30-28)39-27(35)21-9-4-3-8-20(21)26-32-22-10-5-6-11-24(22)38-26/h3-17,23H,2H2,1H3,(H,31,34)(H,29,30,33). The van der Waals surface area contributed by atoms with Crippen molar-refractivity contribution >= 4 is 44.6 Å². The Morgan fingerprint density at radius 1 is 0.925 bits per heavy atom. The average molecular weight is 558 g/mol. The molecule has 0 bridgehead atoms. The van der Waals surface area contributed by atoms with Crippen molar-refractivity contribution in [1.82, 2.24) is 15.0 Å². The normalized spacial score (nSPS) is 12.0. The molecule has 202 valence electrons. The number of carbonyl (C=O) groups excluding carboxylic acids is 2. The summed E-state index contributed by atoms with van der Waals surface area (Å²) in [6.07, 6.45) is 1.92. The van der Waals surface area contributed by atoms with Crippen molar-refractivity contribution in [2.75, 3.05) is 10.0 Å². The van der Waals surface area contributed by atoms with Crippen LogP contribution in [0.15, 0.2) is 101 Å². The molecule has 2 N–H and O–H groups in total. The second kappa shape index (κ2) is 11.3. The van der Waals surface area contributed by atoms with Crippen LogP contribution in [0.2, 0.25) is 0 Å². The Hall–Kier alpha value is -5.10. The monoisotopic (exact) mass is 557 g/mol. The lowest BCUT2D eigenvalue weighted by atomic mass is 10.1. The largest absolute Gasteiger partial charge is 0.449 e. The van der Waals surface area contributed by atoms with Gasteiger partial charge in [0.25, 0.3) is 15.9 Å². The van der Waals surface area contributed by atoms with Crippen molar-refractivity contribution in [3.63, 3.8) is 0 Å². The predicted octanol–water partition coefficient (Wildman–Crippen LogP) is 4.66. The molecule has 2 heterocycles. The summed E-state index contributed by atoms with van der Waals surface area (Å²) < 4.78 is 38.8. The maximum Gasteiger partial charge on any atom is 0.339 e. The zero-order valence-electron chi connectivity index (χ0n) is 21.1. The predicted molar refractivity (Wildman–Crippen MR) is 147 cm³/mol. The van der Waals surface area contributed by atoms with Gasteiger partial charge in [0.2, 0.25) is 11.8 Å². The number of benzene rings is 3. The van der Waals surface area contributed by atoms with E-state index in [2.05, 4.69) is 25.0 Å². The summed E-state index contributed by atoms with van der Waals surface area (Å²) in [5.41, 5.74) is 2.18. The number of sulfonamides is 1. The lowest BCUT2D eigenvalue weighted by Gasteiger charge is -2.17. The molecule has 1 atom stereocenters. The number of esters is 1. The smallest absolute Gasteiger partial charge is 0.339 e. The first-order valence-corrected chi connectivity index (χ1v) is 13.7. The molecule has 11 nitrogen and oxygen atoms in total. The van der Waals surface area contributed by atoms with Crippen molar-refractivity contribution in [2.45, 2.75) is 24.3 Å². The zero-order chi connectivity index (χ0) is 28.1. The first-order chi connectivity index (χ1) is 19.3. The number of rotatable bonds is 9. The first kappa shape index (κ1) is 26.5. The van der Waals surface area contributed by atoms with E-state index in [1.807, 2.05) is 12.1 Å². The van der Waals surface area contributed by atoms with Gasteiger partial charge in [0.15, 0.2) is 11.7 Å². The molecule has 0 radical (unpaired) electrons. The second-order valence-corrected chi connectivity index (χ2v) is 10.2. The molecule has 5 aromatic rings. The van der Waals surface area contributed by atoms with Gasteiger partial charge in [-0.2, -0.15) is 0 Å². The van der Waals surface area contributed by atoms with Gasteiger partial charge in [-0.1, -0.05) is 31.2 Å². The molecule has 0 saturated carbocycles. The van der Waals surface area contributed by atoms with Gasteiger partial charge in [-0.25, -0.2) is 32.9 Å². The third kappa shape index (κ3) is 5.81. The van der Waals surface area contributed by atoms with E-state index in [0.29, 0.717) is 22.4 Å². The highest BCUT2D eigenvalue weighted by Gasteiger charge is 2.25. The second-order valence-electron chi connectivity index (χ2n) is 8.53. The van der Waals surface area contributed by atoms with Crippen LogP contribution >= 0.6 is 0 Å². The summed E-state index contributed by atoms with van der Waals surface area (Å²) in [4.78, 5) is 38.2. The minimum atomic E-state index is -3.93. The Bertz CT molecular complexity index is 1740. The number of oxazole rings is 1. The Morgan fingerprint density at radius 3 is 2.35 bits per heavy atom. The summed E-state index contributed by atoms with van der Waals surface area (Å²) in [5, 5.41) is 2.66. The maximum atomic E-state index is 13.1. The van der Waals surface area contributed by atoms with Crippen LogP contribution in [0.5, 0.6) is 0 Å². The lowest BCUT2D eigenvalue weighted by molar-refractivity contribution is -0.124. The SMILES string of the molecule is CCC(OC(=O)c1ccccc1-c1nc2ccccc2o1)C(=O)Nc1ccc(S(=O)(=O)Nc2ncccn2)cc1. The summed E-state index contributed by atoms with van der Waals surface area (Å²) in [7, 11) is -3.93. The van der Waals surface area contributed by atoms with E-state index in [0.717, 1.165) is 0 Å². The molecule has 12 heteroatoms. The highest BCUT2D eigenvalue weighted by Crippen LogP contribution is 2.28. The molecule has 1 amide bonds. The Balaban J connectivity index is 1.27. The zero-order valence-corrected chi connectivity index (χ0v) is 22.0. The van der Waals surface area contributed by atoms with Crippen LogP contribution in [0.1, 0.15) is 23.7 Å². The average Bonchev–Trinajstić information content (AvgIpc) is 3.41. The molecule has 2 aromatic heterocycles. The fourth-order valence-corrected chi connectivity index (χ4v) is 4.78. The van der Waals surface area contributed by atoms with Crippen molar-refractivity contribution in [2.24, 2.45) is 0 Å². The van der Waals surface area contributed by atoms with Gasteiger partial charge >= 0.3 is 5.97 Å². The number of carbonyl (C=O) groups is 2. The molecular weight excluding hydrogens is 534 g/mol. The third-order valence-electron chi connectivity index (χ3n) is 5.81. The Labute approximate surface area is 229 Å². The number of nitrogens with zero attached hydrogens (tertiary/aromatic N) is 3. The number of anilines is 2. The summed E-state index contributed by atoms with van der Waals surface area (Å²) in [5.74, 6) is -1.09. The van der Waals surface area contributed by atoms with Crippen LogP contribution < -0.4 is 10.0 Å². The number of hydrogen-bond acceptors (Lipinski definition) is 9. The van der Waals surface area contributed by atoms with Gasteiger partial charge in [-0.05, 0) is 61.0 Å². The molecule has 3 aromatic carbocycles. The molecule has 0 aliphatic rings. The number of para-hydroxylation sites is 2. The fraction of sp³-hybridized carbons (Fsp3) is 0.107. The topological polar surface area (TPSA) is 153 Å². The molecule has 0 aliphatic carbocycles. The fourth-order valence-electron chi connectivity index (χ4n) is 3.82. The van der Waals surface area contributed by atoms with Crippen LogP contribution in [0, 0.1) is 0 Å². The van der Waals surface area contributed by atoms with Gasteiger partial charge in [-0.15, -0.1) is 0 Å². The van der Waals surface area contributed by atoms with E-state index in [9.17, 15) is 18.0 Å². The summed E-state index contributed by atoms with van der Waals surface area (Å²) >= 11 is 0. The molecule has 0 aliphatic heterocycles. The summed E-state index contributed by atoms with van der Waals surface area (Å²) in [6.45, 7) is 1.71. The molecule has 0 fully saturated rings. The van der Waals surface area contributed by atoms with Crippen LogP contribution in [0.25, 0.3) is 22.6 Å². The minimum Gasteiger partial charge on any atom is -0.449 e. The van der Waals surface area contributed by atoms with E-state index >= 15 is 0 Å². The number of aromatic nitrogens is 3. The minimum absolute atomic E-state index is 0.0489. The van der Waals surface area contributed by atoms with Gasteiger partial charge in [-0.3, -0.25) is 4.79 Å². The van der Waals surface area contributed by atoms with Crippen molar-refractivity contribution in [1.29, 1.82) is 0 Å². The third-order valence-corrected chi connectivity index (χ3v) is 7.15. The maximum absolute atomic E-state index is 13.1. The Morgan fingerprint density at radius 2 is 1.62 bits per heavy atom. The van der Waals surface area contributed by atoms with Gasteiger partial charge < -0.3 is 14.5 Å². The van der Waals surface area contributed by atoms with Crippen LogP contribution in [-0.4, -0.2) is 41.4 Å². The molecule has 0 saturated heterocycles. The number of amides is 1. The van der Waals surface area contributed by atoms with E-state index < -0.39 is 28.0 Å². The summed E-state index contributed by atoms with van der Waals surface area (Å²) in [6, 6.07) is 21.0. The number of fused-ring (bicyclic) bond motifs is 1. The van der Waals surface area contributed by atoms with Crippen LogP contribution in [0.3, 0.4) is 0 Å². The number of nitrogens with one attached hydrogen (secondary N) is 2. The van der Waals surface area contributed by atoms with Crippen molar-refractivity contribution < 1.29 is 27.2 Å².